The molecule has 0 spiro atoms. The molecule has 2 aromatic carbocycles. The Morgan fingerprint density at radius 2 is 1.76 bits per heavy atom. The molecule has 2 aliphatic carbocycles. The highest BCUT2D eigenvalue weighted by atomic mass is 16.4. The van der Waals surface area contributed by atoms with E-state index in [-0.39, 0.29) is 24.8 Å². The number of aliphatic carboxylic acids is 1. The van der Waals surface area contributed by atoms with Crippen LogP contribution in [0.25, 0.3) is 0 Å². The molecular weight excluding hydrogens is 314 g/mol. The molecule has 4 rings (SSSR count). The zero-order chi connectivity index (χ0) is 17.4. The van der Waals surface area contributed by atoms with Gasteiger partial charge in [0.2, 0.25) is 5.91 Å². The summed E-state index contributed by atoms with van der Waals surface area (Å²) in [6.45, 7) is 0.741. The van der Waals surface area contributed by atoms with Crippen molar-refractivity contribution in [3.8, 4) is 0 Å². The summed E-state index contributed by atoms with van der Waals surface area (Å²) in [7, 11) is 0. The van der Waals surface area contributed by atoms with E-state index in [1.165, 1.54) is 11.1 Å². The smallest absolute Gasteiger partial charge is 0.305 e. The molecule has 1 fully saturated rings. The Labute approximate surface area is 147 Å². The first-order chi connectivity index (χ1) is 12.1. The molecule has 25 heavy (non-hydrogen) atoms. The predicted octanol–water partition coefficient (Wildman–Crippen LogP) is 3.08. The minimum atomic E-state index is -0.868. The Kier molecular flexibility index (Phi) is 4.04. The standard InChI is InChI=1S/C21H21NO3/c23-18(24)10-11-22(13-14-6-2-1-3-7-14)21(25)20-17-12-15-8-4-5-9-16(15)19(17)20/h1-9,17,19-20H,10-13H2,(H,23,24). The van der Waals surface area contributed by atoms with E-state index in [0.717, 1.165) is 12.0 Å². The second kappa shape index (κ2) is 6.36. The average molecular weight is 335 g/mol. The maximum Gasteiger partial charge on any atom is 0.305 e. The molecule has 0 radical (unpaired) electrons. The number of hydrogen-bond acceptors (Lipinski definition) is 2. The van der Waals surface area contributed by atoms with Gasteiger partial charge in [-0.2, -0.15) is 0 Å². The summed E-state index contributed by atoms with van der Waals surface area (Å²) in [6.07, 6.45) is 0.951. The zero-order valence-electron chi connectivity index (χ0n) is 14.0. The van der Waals surface area contributed by atoms with Crippen LogP contribution in [-0.4, -0.2) is 28.4 Å². The van der Waals surface area contributed by atoms with Crippen molar-refractivity contribution in [3.05, 3.63) is 71.3 Å². The van der Waals surface area contributed by atoms with Crippen LogP contribution < -0.4 is 0 Å². The molecule has 3 atom stereocenters. The van der Waals surface area contributed by atoms with Gasteiger partial charge in [0.25, 0.3) is 0 Å². The van der Waals surface area contributed by atoms with Crippen LogP contribution in [0.2, 0.25) is 0 Å². The van der Waals surface area contributed by atoms with E-state index in [0.29, 0.717) is 18.4 Å². The quantitative estimate of drug-likeness (QED) is 0.882. The minimum Gasteiger partial charge on any atom is -0.481 e. The van der Waals surface area contributed by atoms with E-state index >= 15 is 0 Å². The first-order valence-corrected chi connectivity index (χ1v) is 8.77. The van der Waals surface area contributed by atoms with Crippen LogP contribution in [0.1, 0.15) is 29.0 Å². The van der Waals surface area contributed by atoms with E-state index in [4.69, 9.17) is 5.11 Å². The number of carboxylic acids is 1. The third-order valence-corrected chi connectivity index (χ3v) is 5.45. The van der Waals surface area contributed by atoms with E-state index in [9.17, 15) is 9.59 Å². The minimum absolute atomic E-state index is 0.0167. The van der Waals surface area contributed by atoms with Crippen molar-refractivity contribution in [2.24, 2.45) is 11.8 Å². The summed E-state index contributed by atoms with van der Waals surface area (Å²) in [6, 6.07) is 18.1. The molecule has 4 heteroatoms. The Morgan fingerprint density at radius 3 is 2.52 bits per heavy atom. The lowest BCUT2D eigenvalue weighted by Gasteiger charge is -2.23. The highest BCUT2D eigenvalue weighted by Gasteiger charge is 2.59. The molecule has 0 aliphatic heterocycles. The molecule has 0 aromatic heterocycles. The molecule has 0 saturated heterocycles. The van der Waals surface area contributed by atoms with Crippen molar-refractivity contribution in [2.75, 3.05) is 6.54 Å². The van der Waals surface area contributed by atoms with Crippen molar-refractivity contribution < 1.29 is 14.7 Å². The SMILES string of the molecule is O=C(O)CCN(Cc1ccccc1)C(=O)C1C2Cc3ccccc3C21. The van der Waals surface area contributed by atoms with Crippen LogP contribution in [-0.2, 0) is 22.6 Å². The van der Waals surface area contributed by atoms with Crippen LogP contribution in [0.5, 0.6) is 0 Å². The number of carboxylic acid groups (broad SMARTS) is 1. The summed E-state index contributed by atoms with van der Waals surface area (Å²) < 4.78 is 0. The molecule has 128 valence electrons. The molecule has 1 saturated carbocycles. The third-order valence-electron chi connectivity index (χ3n) is 5.45. The van der Waals surface area contributed by atoms with E-state index in [1.807, 2.05) is 36.4 Å². The van der Waals surface area contributed by atoms with Crippen LogP contribution in [0.3, 0.4) is 0 Å². The van der Waals surface area contributed by atoms with Crippen LogP contribution in [0, 0.1) is 11.8 Å². The fourth-order valence-corrected chi connectivity index (χ4v) is 4.20. The number of hydrogen-bond donors (Lipinski definition) is 1. The fraction of sp³-hybridized carbons (Fsp3) is 0.333. The summed E-state index contributed by atoms with van der Waals surface area (Å²) in [4.78, 5) is 25.8. The third kappa shape index (κ3) is 3.04. The van der Waals surface area contributed by atoms with E-state index < -0.39 is 5.97 Å². The number of amides is 1. The van der Waals surface area contributed by atoms with Gasteiger partial charge in [-0.3, -0.25) is 9.59 Å². The lowest BCUT2D eigenvalue weighted by Crippen LogP contribution is -2.34. The van der Waals surface area contributed by atoms with Gasteiger partial charge in [0.15, 0.2) is 0 Å². The Hall–Kier alpha value is -2.62. The summed E-state index contributed by atoms with van der Waals surface area (Å²) in [5, 5.41) is 9.02. The molecule has 3 unspecified atom stereocenters. The molecule has 4 nitrogen and oxygen atoms in total. The van der Waals surface area contributed by atoms with Gasteiger partial charge in [-0.05, 0) is 34.9 Å². The van der Waals surface area contributed by atoms with Gasteiger partial charge >= 0.3 is 5.97 Å². The van der Waals surface area contributed by atoms with Gasteiger partial charge in [-0.25, -0.2) is 0 Å². The van der Waals surface area contributed by atoms with Crippen molar-refractivity contribution in [1.29, 1.82) is 0 Å². The molecule has 1 N–H and O–H groups in total. The molecule has 0 heterocycles. The fourth-order valence-electron chi connectivity index (χ4n) is 4.20. The second-order valence-electron chi connectivity index (χ2n) is 7.01. The number of carbonyl (C=O) groups is 2. The van der Waals surface area contributed by atoms with E-state index in [2.05, 4.69) is 18.2 Å². The van der Waals surface area contributed by atoms with Gasteiger partial charge < -0.3 is 10.0 Å². The van der Waals surface area contributed by atoms with Crippen molar-refractivity contribution in [2.45, 2.75) is 25.3 Å². The van der Waals surface area contributed by atoms with Gasteiger partial charge in [-0.1, -0.05) is 54.6 Å². The van der Waals surface area contributed by atoms with Crippen molar-refractivity contribution in [1.82, 2.24) is 4.90 Å². The Morgan fingerprint density at radius 1 is 1.04 bits per heavy atom. The zero-order valence-corrected chi connectivity index (χ0v) is 14.0. The second-order valence-corrected chi connectivity index (χ2v) is 7.01. The summed E-state index contributed by atoms with van der Waals surface area (Å²) in [5.41, 5.74) is 3.71. The van der Waals surface area contributed by atoms with Crippen LogP contribution in [0.4, 0.5) is 0 Å². The molecule has 2 aliphatic rings. The van der Waals surface area contributed by atoms with Gasteiger partial charge in [0, 0.05) is 19.0 Å². The number of rotatable bonds is 6. The number of nitrogens with zero attached hydrogens (tertiary/aromatic N) is 1. The molecule has 2 aromatic rings. The van der Waals surface area contributed by atoms with Crippen molar-refractivity contribution >= 4 is 11.9 Å². The maximum atomic E-state index is 13.1. The average Bonchev–Trinajstić information content (AvgIpc) is 3.20. The first kappa shape index (κ1) is 15.9. The number of fused-ring (bicyclic) bond motifs is 3. The monoisotopic (exact) mass is 335 g/mol. The molecular formula is C21H21NO3. The number of benzene rings is 2. The van der Waals surface area contributed by atoms with Crippen LogP contribution in [0.15, 0.2) is 54.6 Å². The first-order valence-electron chi connectivity index (χ1n) is 8.77. The Balaban J connectivity index is 1.50. The lowest BCUT2D eigenvalue weighted by atomic mass is 10.0. The normalized spacial score (nSPS) is 22.8. The van der Waals surface area contributed by atoms with Gasteiger partial charge in [0.1, 0.15) is 0 Å². The topological polar surface area (TPSA) is 57.6 Å². The van der Waals surface area contributed by atoms with Crippen LogP contribution >= 0.6 is 0 Å². The highest BCUT2D eigenvalue weighted by Crippen LogP contribution is 2.61. The maximum absolute atomic E-state index is 13.1. The molecule has 0 bridgehead atoms. The number of carbonyl (C=O) groups excluding carboxylic acids is 1. The highest BCUT2D eigenvalue weighted by molar-refractivity contribution is 5.85. The van der Waals surface area contributed by atoms with E-state index in [1.54, 1.807) is 4.90 Å². The lowest BCUT2D eigenvalue weighted by molar-refractivity contribution is -0.139. The molecule has 1 amide bonds. The van der Waals surface area contributed by atoms with Crippen molar-refractivity contribution in [3.63, 3.8) is 0 Å². The summed E-state index contributed by atoms with van der Waals surface area (Å²) >= 11 is 0. The van der Waals surface area contributed by atoms with Gasteiger partial charge in [-0.15, -0.1) is 0 Å². The predicted molar refractivity (Wildman–Crippen MR) is 94.0 cm³/mol. The Bertz CT molecular complexity index is 802. The van der Waals surface area contributed by atoms with Gasteiger partial charge in [0.05, 0.1) is 6.42 Å². The largest absolute Gasteiger partial charge is 0.481 e. The summed E-state index contributed by atoms with van der Waals surface area (Å²) in [5.74, 6) is -0.0194.